The van der Waals surface area contributed by atoms with Gasteiger partial charge in [0, 0.05) is 18.3 Å². The third kappa shape index (κ3) is 2.03. The number of rotatable bonds is 3. The maximum atomic E-state index is 3.35. The van der Waals surface area contributed by atoms with E-state index in [9.17, 15) is 0 Å². The summed E-state index contributed by atoms with van der Waals surface area (Å²) in [5, 5.41) is 3.35. The van der Waals surface area contributed by atoms with Gasteiger partial charge >= 0.3 is 0 Å². The lowest BCUT2D eigenvalue weighted by Crippen LogP contribution is -2.52. The van der Waals surface area contributed by atoms with Crippen molar-refractivity contribution in [3.05, 3.63) is 29.3 Å². The molecule has 0 aromatic heterocycles. The summed E-state index contributed by atoms with van der Waals surface area (Å²) in [6, 6.07) is 7.77. The van der Waals surface area contributed by atoms with Gasteiger partial charge in [0.15, 0.2) is 0 Å². The average Bonchev–Trinajstić information content (AvgIpc) is 2.34. The van der Waals surface area contributed by atoms with E-state index in [1.807, 2.05) is 0 Å². The SMILES string of the molecule is CNCC1CCC1N1CCCc2cc(C)ccc21. The second kappa shape index (κ2) is 4.93. The fourth-order valence-electron chi connectivity index (χ4n) is 3.56. The van der Waals surface area contributed by atoms with E-state index in [0.29, 0.717) is 0 Å². The Labute approximate surface area is 110 Å². The van der Waals surface area contributed by atoms with Gasteiger partial charge in [-0.25, -0.2) is 0 Å². The van der Waals surface area contributed by atoms with Crippen molar-refractivity contribution in [1.29, 1.82) is 0 Å². The molecule has 0 bridgehead atoms. The first-order chi connectivity index (χ1) is 8.79. The predicted octanol–water partition coefficient (Wildman–Crippen LogP) is 2.75. The molecule has 18 heavy (non-hydrogen) atoms. The first-order valence-electron chi connectivity index (χ1n) is 7.30. The van der Waals surface area contributed by atoms with Gasteiger partial charge in [-0.15, -0.1) is 0 Å². The summed E-state index contributed by atoms with van der Waals surface area (Å²) in [4.78, 5) is 2.68. The molecule has 2 unspecified atom stereocenters. The molecule has 2 aliphatic rings. The van der Waals surface area contributed by atoms with Crippen molar-refractivity contribution in [2.45, 2.75) is 38.6 Å². The summed E-state index contributed by atoms with van der Waals surface area (Å²) in [5.41, 5.74) is 4.48. The van der Waals surface area contributed by atoms with E-state index in [-0.39, 0.29) is 0 Å². The van der Waals surface area contributed by atoms with Crippen LogP contribution < -0.4 is 10.2 Å². The van der Waals surface area contributed by atoms with Gasteiger partial charge in [-0.1, -0.05) is 17.7 Å². The Hall–Kier alpha value is -1.02. The minimum atomic E-state index is 0.777. The van der Waals surface area contributed by atoms with Gasteiger partial charge < -0.3 is 10.2 Å². The highest BCUT2D eigenvalue weighted by atomic mass is 15.2. The quantitative estimate of drug-likeness (QED) is 0.879. The molecule has 2 atom stereocenters. The summed E-state index contributed by atoms with van der Waals surface area (Å²) in [5.74, 6) is 0.849. The Balaban J connectivity index is 1.83. The van der Waals surface area contributed by atoms with Gasteiger partial charge in [0.2, 0.25) is 0 Å². The van der Waals surface area contributed by atoms with Crippen molar-refractivity contribution in [3.63, 3.8) is 0 Å². The molecule has 1 aromatic carbocycles. The van der Waals surface area contributed by atoms with Gasteiger partial charge in [-0.3, -0.25) is 0 Å². The van der Waals surface area contributed by atoms with Crippen LogP contribution in [0, 0.1) is 12.8 Å². The van der Waals surface area contributed by atoms with Crippen LogP contribution in [-0.4, -0.2) is 26.2 Å². The predicted molar refractivity (Wildman–Crippen MR) is 77.3 cm³/mol. The van der Waals surface area contributed by atoms with Crippen LogP contribution in [-0.2, 0) is 6.42 Å². The topological polar surface area (TPSA) is 15.3 Å². The Bertz CT molecular complexity index is 427. The smallest absolute Gasteiger partial charge is 0.0401 e. The highest BCUT2D eigenvalue weighted by Crippen LogP contribution is 2.38. The van der Waals surface area contributed by atoms with E-state index in [1.54, 1.807) is 5.56 Å². The molecule has 3 rings (SSSR count). The number of aryl methyl sites for hydroxylation is 2. The van der Waals surface area contributed by atoms with Gasteiger partial charge in [-0.2, -0.15) is 0 Å². The maximum absolute atomic E-state index is 3.35. The number of hydrogen-bond acceptors (Lipinski definition) is 2. The molecular weight excluding hydrogens is 220 g/mol. The molecule has 0 saturated heterocycles. The Morgan fingerprint density at radius 2 is 2.22 bits per heavy atom. The van der Waals surface area contributed by atoms with E-state index in [4.69, 9.17) is 0 Å². The van der Waals surface area contributed by atoms with Crippen LogP contribution in [0.15, 0.2) is 18.2 Å². The number of fused-ring (bicyclic) bond motifs is 1. The van der Waals surface area contributed by atoms with Crippen molar-refractivity contribution < 1.29 is 0 Å². The maximum Gasteiger partial charge on any atom is 0.0401 e. The Morgan fingerprint density at radius 1 is 1.33 bits per heavy atom. The highest BCUT2D eigenvalue weighted by Gasteiger charge is 2.36. The normalized spacial score (nSPS) is 26.7. The molecule has 98 valence electrons. The molecular formula is C16H24N2. The zero-order valence-corrected chi connectivity index (χ0v) is 11.6. The number of benzene rings is 1. The average molecular weight is 244 g/mol. The molecule has 1 N–H and O–H groups in total. The second-order valence-corrected chi connectivity index (χ2v) is 5.89. The fraction of sp³-hybridized carbons (Fsp3) is 0.625. The molecule has 2 heteroatoms. The third-order valence-corrected chi connectivity index (χ3v) is 4.63. The molecule has 1 aliphatic heterocycles. The first-order valence-corrected chi connectivity index (χ1v) is 7.30. The molecule has 1 heterocycles. The van der Waals surface area contributed by atoms with Crippen LogP contribution in [0.5, 0.6) is 0 Å². The monoisotopic (exact) mass is 244 g/mol. The fourth-order valence-corrected chi connectivity index (χ4v) is 3.56. The minimum Gasteiger partial charge on any atom is -0.368 e. The molecule has 1 aliphatic carbocycles. The first kappa shape index (κ1) is 12.0. The second-order valence-electron chi connectivity index (χ2n) is 5.89. The van der Waals surface area contributed by atoms with Crippen molar-refractivity contribution in [2.24, 2.45) is 5.92 Å². The largest absolute Gasteiger partial charge is 0.368 e. The molecule has 1 fully saturated rings. The lowest BCUT2D eigenvalue weighted by molar-refractivity contribution is 0.235. The van der Waals surface area contributed by atoms with Crippen molar-refractivity contribution >= 4 is 5.69 Å². The molecule has 1 aromatic rings. The van der Waals surface area contributed by atoms with E-state index >= 15 is 0 Å². The molecule has 2 nitrogen and oxygen atoms in total. The van der Waals surface area contributed by atoms with Crippen LogP contribution in [0.2, 0.25) is 0 Å². The van der Waals surface area contributed by atoms with Gasteiger partial charge in [0.1, 0.15) is 0 Å². The van der Waals surface area contributed by atoms with E-state index in [2.05, 4.69) is 42.4 Å². The molecule has 0 spiro atoms. The zero-order chi connectivity index (χ0) is 12.5. The number of anilines is 1. The van der Waals surface area contributed by atoms with Gasteiger partial charge in [0.05, 0.1) is 0 Å². The van der Waals surface area contributed by atoms with Crippen LogP contribution in [0.3, 0.4) is 0 Å². The summed E-state index contributed by atoms with van der Waals surface area (Å²) in [7, 11) is 2.07. The van der Waals surface area contributed by atoms with Crippen LogP contribution in [0.4, 0.5) is 5.69 Å². The number of nitrogens with zero attached hydrogens (tertiary/aromatic N) is 1. The molecule has 0 amide bonds. The summed E-state index contributed by atoms with van der Waals surface area (Å²) >= 11 is 0. The van der Waals surface area contributed by atoms with Gasteiger partial charge in [0.25, 0.3) is 0 Å². The Kier molecular flexibility index (Phi) is 3.29. The molecule has 0 radical (unpaired) electrons. The standard InChI is InChI=1S/C16H24N2/c1-12-5-7-15-13(10-12)4-3-9-18(15)16-8-6-14(16)11-17-2/h5,7,10,14,16-17H,3-4,6,8-9,11H2,1-2H3. The number of hydrogen-bond donors (Lipinski definition) is 1. The Morgan fingerprint density at radius 3 is 2.94 bits per heavy atom. The van der Waals surface area contributed by atoms with Crippen molar-refractivity contribution in [1.82, 2.24) is 5.32 Å². The van der Waals surface area contributed by atoms with E-state index in [0.717, 1.165) is 12.0 Å². The lowest BCUT2D eigenvalue weighted by atomic mass is 9.77. The zero-order valence-electron chi connectivity index (χ0n) is 11.6. The highest BCUT2D eigenvalue weighted by molar-refractivity contribution is 5.58. The summed E-state index contributed by atoms with van der Waals surface area (Å²) in [6.07, 6.45) is 5.35. The van der Waals surface area contributed by atoms with Crippen molar-refractivity contribution in [3.8, 4) is 0 Å². The van der Waals surface area contributed by atoms with Crippen LogP contribution in [0.1, 0.15) is 30.4 Å². The van der Waals surface area contributed by atoms with Crippen LogP contribution >= 0.6 is 0 Å². The van der Waals surface area contributed by atoms with E-state index < -0.39 is 0 Å². The van der Waals surface area contributed by atoms with Gasteiger partial charge in [-0.05, 0) is 63.7 Å². The molecule has 1 saturated carbocycles. The number of nitrogens with one attached hydrogen (secondary N) is 1. The van der Waals surface area contributed by atoms with E-state index in [1.165, 1.54) is 50.0 Å². The third-order valence-electron chi connectivity index (χ3n) is 4.63. The lowest BCUT2D eigenvalue weighted by Gasteiger charge is -2.48. The van der Waals surface area contributed by atoms with Crippen molar-refractivity contribution in [2.75, 3.05) is 25.0 Å². The summed E-state index contributed by atoms with van der Waals surface area (Å²) in [6.45, 7) is 4.62. The summed E-state index contributed by atoms with van der Waals surface area (Å²) < 4.78 is 0. The minimum absolute atomic E-state index is 0.777. The van der Waals surface area contributed by atoms with Crippen LogP contribution in [0.25, 0.3) is 0 Å².